The molecule has 0 aliphatic rings. The largest absolute Gasteiger partial charge is 0.326 e. The van der Waals surface area contributed by atoms with Gasteiger partial charge in [-0.3, -0.25) is 14.2 Å². The fourth-order valence-electron chi connectivity index (χ4n) is 2.71. The lowest BCUT2D eigenvalue weighted by atomic mass is 10.1. The van der Waals surface area contributed by atoms with Crippen LogP contribution in [0.1, 0.15) is 13.3 Å². The monoisotopic (exact) mass is 426 g/mol. The first-order valence-corrected chi connectivity index (χ1v) is 10.9. The Hall–Kier alpha value is -3.30. The van der Waals surface area contributed by atoms with Crippen LogP contribution in [0.5, 0.6) is 0 Å². The highest BCUT2D eigenvalue weighted by molar-refractivity contribution is 7.89. The summed E-state index contributed by atoms with van der Waals surface area (Å²) in [5.41, 5.74) is 1.66. The predicted molar refractivity (Wildman–Crippen MR) is 114 cm³/mol. The Bertz CT molecular complexity index is 1170. The molecule has 0 spiro atoms. The van der Waals surface area contributed by atoms with E-state index in [-0.39, 0.29) is 29.5 Å². The summed E-state index contributed by atoms with van der Waals surface area (Å²) in [6.07, 6.45) is 1.74. The van der Waals surface area contributed by atoms with Crippen LogP contribution in [0, 0.1) is 0 Å². The fraction of sp³-hybridized carbons (Fsp3) is 0.190. The van der Waals surface area contributed by atoms with Gasteiger partial charge in [-0.15, -0.1) is 0 Å². The summed E-state index contributed by atoms with van der Waals surface area (Å²) in [5, 5.41) is 2.66. The number of hydrogen-bond acceptors (Lipinski definition) is 5. The summed E-state index contributed by atoms with van der Waals surface area (Å²) < 4.78 is 28.7. The summed E-state index contributed by atoms with van der Waals surface area (Å²) in [6.45, 7) is 1.90. The third kappa shape index (κ3) is 5.40. The van der Waals surface area contributed by atoms with E-state index in [2.05, 4.69) is 15.0 Å². The van der Waals surface area contributed by atoms with Crippen molar-refractivity contribution in [2.75, 3.05) is 11.9 Å². The number of hydrogen-bond donors (Lipinski definition) is 2. The summed E-state index contributed by atoms with van der Waals surface area (Å²) in [5.74, 6) is -0.152. The minimum absolute atomic E-state index is 0.0307. The molecule has 9 heteroatoms. The molecule has 1 heterocycles. The molecule has 2 N–H and O–H groups in total. The number of carbonyl (C=O) groups is 1. The molecule has 0 bridgehead atoms. The molecule has 0 unspecified atom stereocenters. The van der Waals surface area contributed by atoms with Gasteiger partial charge in [0, 0.05) is 36.8 Å². The lowest BCUT2D eigenvalue weighted by Crippen LogP contribution is -2.30. The van der Waals surface area contributed by atoms with Gasteiger partial charge in [-0.1, -0.05) is 37.3 Å². The number of aromatic nitrogens is 2. The standard InChI is InChI=1S/C21H22N4O4S/c1-2-20(26)24-17-8-10-18(11-9-17)30(28,29)23-12-13-25-15-22-19(14-21(25)27)16-6-4-3-5-7-16/h3-11,14-15,23H,2,12-13H2,1H3,(H,24,26). The van der Waals surface area contributed by atoms with E-state index in [0.717, 1.165) is 5.56 Å². The molecule has 0 saturated heterocycles. The van der Waals surface area contributed by atoms with Gasteiger partial charge in [-0.05, 0) is 24.3 Å². The van der Waals surface area contributed by atoms with E-state index >= 15 is 0 Å². The van der Waals surface area contributed by atoms with Crippen LogP contribution >= 0.6 is 0 Å². The highest BCUT2D eigenvalue weighted by atomic mass is 32.2. The number of anilines is 1. The number of sulfonamides is 1. The SMILES string of the molecule is CCC(=O)Nc1ccc(S(=O)(=O)NCCn2cnc(-c3ccccc3)cc2=O)cc1. The molecule has 1 aromatic heterocycles. The molecule has 1 amide bonds. The number of rotatable bonds is 8. The molecule has 0 radical (unpaired) electrons. The summed E-state index contributed by atoms with van der Waals surface area (Å²) in [4.78, 5) is 28.0. The summed E-state index contributed by atoms with van der Waals surface area (Å²) >= 11 is 0. The molecule has 156 valence electrons. The minimum Gasteiger partial charge on any atom is -0.326 e. The summed E-state index contributed by atoms with van der Waals surface area (Å²) in [6, 6.07) is 16.6. The maximum atomic E-state index is 12.4. The van der Waals surface area contributed by atoms with Crippen molar-refractivity contribution in [2.24, 2.45) is 0 Å². The number of nitrogens with zero attached hydrogens (tertiary/aromatic N) is 2. The lowest BCUT2D eigenvalue weighted by Gasteiger charge is -2.10. The lowest BCUT2D eigenvalue weighted by molar-refractivity contribution is -0.115. The van der Waals surface area contributed by atoms with Crippen LogP contribution in [-0.4, -0.2) is 30.4 Å². The van der Waals surface area contributed by atoms with Gasteiger partial charge in [0.05, 0.1) is 16.9 Å². The van der Waals surface area contributed by atoms with E-state index in [4.69, 9.17) is 0 Å². The second kappa shape index (κ2) is 9.47. The number of nitrogens with one attached hydrogen (secondary N) is 2. The third-order valence-electron chi connectivity index (χ3n) is 4.36. The zero-order chi connectivity index (χ0) is 21.6. The molecule has 0 aliphatic heterocycles. The van der Waals surface area contributed by atoms with Gasteiger partial charge in [0.15, 0.2) is 0 Å². The summed E-state index contributed by atoms with van der Waals surface area (Å²) in [7, 11) is -3.74. The highest BCUT2D eigenvalue weighted by Gasteiger charge is 2.14. The smallest absolute Gasteiger partial charge is 0.253 e. The second-order valence-electron chi connectivity index (χ2n) is 6.50. The quantitative estimate of drug-likeness (QED) is 0.574. The Morgan fingerprint density at radius 1 is 1.07 bits per heavy atom. The van der Waals surface area contributed by atoms with Crippen molar-refractivity contribution >= 4 is 21.6 Å². The van der Waals surface area contributed by atoms with E-state index < -0.39 is 10.0 Å². The topological polar surface area (TPSA) is 110 Å². The molecular formula is C21H22N4O4S. The molecule has 2 aromatic carbocycles. The first-order valence-electron chi connectivity index (χ1n) is 9.40. The van der Waals surface area contributed by atoms with E-state index in [1.165, 1.54) is 41.2 Å². The van der Waals surface area contributed by atoms with Crippen molar-refractivity contribution in [1.82, 2.24) is 14.3 Å². The maximum Gasteiger partial charge on any atom is 0.253 e. The fourth-order valence-corrected chi connectivity index (χ4v) is 3.73. The normalized spacial score (nSPS) is 11.2. The van der Waals surface area contributed by atoms with Crippen LogP contribution in [0.15, 0.2) is 76.7 Å². The van der Waals surface area contributed by atoms with E-state index in [9.17, 15) is 18.0 Å². The first kappa shape index (κ1) is 21.4. The molecule has 0 aliphatic carbocycles. The molecule has 3 rings (SSSR count). The Balaban J connectivity index is 1.61. The highest BCUT2D eigenvalue weighted by Crippen LogP contribution is 2.15. The van der Waals surface area contributed by atoms with Gasteiger partial charge in [0.25, 0.3) is 5.56 Å². The van der Waals surface area contributed by atoms with Gasteiger partial charge < -0.3 is 5.32 Å². The molecular weight excluding hydrogens is 404 g/mol. The Morgan fingerprint density at radius 2 is 1.77 bits per heavy atom. The van der Waals surface area contributed by atoms with Gasteiger partial charge in [-0.25, -0.2) is 18.1 Å². The van der Waals surface area contributed by atoms with Crippen LogP contribution in [0.25, 0.3) is 11.3 Å². The maximum absolute atomic E-state index is 12.4. The van der Waals surface area contributed by atoms with Crippen LogP contribution in [0.4, 0.5) is 5.69 Å². The molecule has 0 fully saturated rings. The average Bonchev–Trinajstić information content (AvgIpc) is 2.75. The van der Waals surface area contributed by atoms with Crippen molar-refractivity contribution in [3.63, 3.8) is 0 Å². The average molecular weight is 426 g/mol. The molecule has 30 heavy (non-hydrogen) atoms. The number of amides is 1. The zero-order valence-corrected chi connectivity index (χ0v) is 17.2. The second-order valence-corrected chi connectivity index (χ2v) is 8.26. The Labute approximate surface area is 174 Å². The zero-order valence-electron chi connectivity index (χ0n) is 16.4. The predicted octanol–water partition coefficient (Wildman–Crippen LogP) is 2.24. The van der Waals surface area contributed by atoms with Crippen LogP contribution < -0.4 is 15.6 Å². The van der Waals surface area contributed by atoms with E-state index in [0.29, 0.717) is 17.8 Å². The molecule has 8 nitrogen and oxygen atoms in total. The van der Waals surface area contributed by atoms with Gasteiger partial charge in [0.2, 0.25) is 15.9 Å². The molecule has 0 atom stereocenters. The van der Waals surface area contributed by atoms with Crippen molar-refractivity contribution in [3.05, 3.63) is 77.3 Å². The van der Waals surface area contributed by atoms with Gasteiger partial charge in [0.1, 0.15) is 0 Å². The van der Waals surface area contributed by atoms with Crippen molar-refractivity contribution in [2.45, 2.75) is 24.8 Å². The Kier molecular flexibility index (Phi) is 6.76. The van der Waals surface area contributed by atoms with Gasteiger partial charge in [-0.2, -0.15) is 0 Å². The van der Waals surface area contributed by atoms with Crippen molar-refractivity contribution in [3.8, 4) is 11.3 Å². The molecule has 3 aromatic rings. The molecule has 0 saturated carbocycles. The first-order chi connectivity index (χ1) is 14.4. The van der Waals surface area contributed by atoms with Gasteiger partial charge >= 0.3 is 0 Å². The van der Waals surface area contributed by atoms with Crippen LogP contribution in [0.3, 0.4) is 0 Å². The van der Waals surface area contributed by atoms with Crippen LogP contribution in [-0.2, 0) is 21.4 Å². The third-order valence-corrected chi connectivity index (χ3v) is 5.84. The van der Waals surface area contributed by atoms with Crippen molar-refractivity contribution < 1.29 is 13.2 Å². The van der Waals surface area contributed by atoms with E-state index in [1.54, 1.807) is 6.92 Å². The number of benzene rings is 2. The van der Waals surface area contributed by atoms with Crippen LogP contribution in [0.2, 0.25) is 0 Å². The Morgan fingerprint density at radius 3 is 2.40 bits per heavy atom. The van der Waals surface area contributed by atoms with E-state index in [1.807, 2.05) is 30.3 Å². The van der Waals surface area contributed by atoms with Crippen molar-refractivity contribution in [1.29, 1.82) is 0 Å². The minimum atomic E-state index is -3.74. The number of carbonyl (C=O) groups excluding carboxylic acids is 1.